The number of nitrogens with one attached hydrogen (secondary N) is 2. The summed E-state index contributed by atoms with van der Waals surface area (Å²) in [5, 5.41) is 5.65. The van der Waals surface area contributed by atoms with Gasteiger partial charge >= 0.3 is 0 Å². The van der Waals surface area contributed by atoms with E-state index in [4.69, 9.17) is 0 Å². The molecule has 7 heteroatoms. The first kappa shape index (κ1) is 17.2. The minimum atomic E-state index is -0.656. The van der Waals surface area contributed by atoms with E-state index in [9.17, 15) is 18.8 Å². The molecule has 0 saturated carbocycles. The van der Waals surface area contributed by atoms with Gasteiger partial charge in [0, 0.05) is 18.2 Å². The molecule has 1 saturated heterocycles. The molecule has 27 heavy (non-hydrogen) atoms. The van der Waals surface area contributed by atoms with Gasteiger partial charge in [0.2, 0.25) is 5.91 Å². The zero-order chi connectivity index (χ0) is 19.0. The van der Waals surface area contributed by atoms with Crippen molar-refractivity contribution in [2.75, 3.05) is 11.9 Å². The standard InChI is InChI=1S/C20H18FN3O3/c21-13-5-3-4-12(10-13)18(25)22-14-8-9-24-17(11-14)19(26)23-16-7-2-1-6-15(16)20(24)27/h1-7,10,14,17H,8-9,11H2,(H,22,25)(H,23,26). The summed E-state index contributed by atoms with van der Waals surface area (Å²) in [5.41, 5.74) is 1.20. The van der Waals surface area contributed by atoms with Crippen LogP contribution in [0.4, 0.5) is 10.1 Å². The quantitative estimate of drug-likeness (QED) is 0.854. The Bertz CT molecular complexity index is 930. The van der Waals surface area contributed by atoms with Crippen molar-refractivity contribution in [2.45, 2.75) is 24.9 Å². The van der Waals surface area contributed by atoms with Crippen LogP contribution in [0.1, 0.15) is 33.6 Å². The molecule has 2 heterocycles. The monoisotopic (exact) mass is 367 g/mol. The largest absolute Gasteiger partial charge is 0.349 e. The van der Waals surface area contributed by atoms with E-state index in [1.165, 1.54) is 24.3 Å². The predicted octanol–water partition coefficient (Wildman–Crippen LogP) is 2.18. The lowest BCUT2D eigenvalue weighted by Gasteiger charge is -2.37. The van der Waals surface area contributed by atoms with Crippen LogP contribution in [-0.4, -0.2) is 41.2 Å². The van der Waals surface area contributed by atoms with Crippen LogP contribution in [0.25, 0.3) is 0 Å². The molecule has 2 aliphatic rings. The number of fused-ring (bicyclic) bond motifs is 2. The zero-order valence-electron chi connectivity index (χ0n) is 14.4. The van der Waals surface area contributed by atoms with Crippen LogP contribution >= 0.6 is 0 Å². The number of anilines is 1. The lowest BCUT2D eigenvalue weighted by atomic mass is 9.95. The third-order valence-corrected chi connectivity index (χ3v) is 5.00. The van der Waals surface area contributed by atoms with Gasteiger partial charge in [0.25, 0.3) is 11.8 Å². The first-order valence-corrected chi connectivity index (χ1v) is 8.80. The van der Waals surface area contributed by atoms with Crippen molar-refractivity contribution in [1.82, 2.24) is 10.2 Å². The number of carbonyl (C=O) groups is 3. The normalized spacial score (nSPS) is 21.6. The van der Waals surface area contributed by atoms with Crippen molar-refractivity contribution in [1.29, 1.82) is 0 Å². The van der Waals surface area contributed by atoms with Gasteiger partial charge in [0.05, 0.1) is 11.3 Å². The maximum Gasteiger partial charge on any atom is 0.256 e. The highest BCUT2D eigenvalue weighted by Gasteiger charge is 2.40. The van der Waals surface area contributed by atoms with E-state index in [0.29, 0.717) is 30.6 Å². The third kappa shape index (κ3) is 3.28. The van der Waals surface area contributed by atoms with Crippen molar-refractivity contribution in [3.8, 4) is 0 Å². The van der Waals surface area contributed by atoms with Crippen LogP contribution in [0.3, 0.4) is 0 Å². The predicted molar refractivity (Wildman–Crippen MR) is 96.8 cm³/mol. The molecule has 4 rings (SSSR count). The molecule has 2 aliphatic heterocycles. The highest BCUT2D eigenvalue weighted by Crippen LogP contribution is 2.28. The summed E-state index contributed by atoms with van der Waals surface area (Å²) in [5.74, 6) is -1.33. The van der Waals surface area contributed by atoms with E-state index in [0.717, 1.165) is 0 Å². The second-order valence-electron chi connectivity index (χ2n) is 6.75. The summed E-state index contributed by atoms with van der Waals surface area (Å²) >= 11 is 0. The second-order valence-corrected chi connectivity index (χ2v) is 6.75. The van der Waals surface area contributed by atoms with E-state index in [2.05, 4.69) is 10.6 Å². The van der Waals surface area contributed by atoms with Gasteiger partial charge in [-0.3, -0.25) is 14.4 Å². The van der Waals surface area contributed by atoms with Crippen molar-refractivity contribution >= 4 is 23.4 Å². The minimum Gasteiger partial charge on any atom is -0.349 e. The smallest absolute Gasteiger partial charge is 0.256 e. The van der Waals surface area contributed by atoms with Crippen molar-refractivity contribution in [2.24, 2.45) is 0 Å². The van der Waals surface area contributed by atoms with Gasteiger partial charge in [0.1, 0.15) is 11.9 Å². The molecule has 0 aliphatic carbocycles. The molecule has 138 valence electrons. The summed E-state index contributed by atoms with van der Waals surface area (Å²) < 4.78 is 13.3. The van der Waals surface area contributed by atoms with Crippen LogP contribution in [0, 0.1) is 5.82 Å². The minimum absolute atomic E-state index is 0.191. The molecule has 0 aromatic heterocycles. The average molecular weight is 367 g/mol. The topological polar surface area (TPSA) is 78.5 Å². The summed E-state index contributed by atoms with van der Waals surface area (Å²) in [6.45, 7) is 0.360. The van der Waals surface area contributed by atoms with E-state index in [-0.39, 0.29) is 23.4 Å². The number of nitrogens with zero attached hydrogens (tertiary/aromatic N) is 1. The number of piperidine rings is 1. The fraction of sp³-hybridized carbons (Fsp3) is 0.250. The summed E-state index contributed by atoms with van der Waals surface area (Å²) in [6.07, 6.45) is 0.839. The van der Waals surface area contributed by atoms with Gasteiger partial charge in [0.15, 0.2) is 0 Å². The van der Waals surface area contributed by atoms with Crippen LogP contribution in [0.2, 0.25) is 0 Å². The number of benzene rings is 2. The van der Waals surface area contributed by atoms with Crippen LogP contribution in [-0.2, 0) is 4.79 Å². The third-order valence-electron chi connectivity index (χ3n) is 5.00. The van der Waals surface area contributed by atoms with Gasteiger partial charge < -0.3 is 15.5 Å². The van der Waals surface area contributed by atoms with E-state index in [1.807, 2.05) is 0 Å². The Balaban J connectivity index is 1.51. The maximum atomic E-state index is 13.3. The molecule has 0 spiro atoms. The highest BCUT2D eigenvalue weighted by atomic mass is 19.1. The average Bonchev–Trinajstić information content (AvgIpc) is 2.77. The number of rotatable bonds is 2. The lowest BCUT2D eigenvalue weighted by Crippen LogP contribution is -2.55. The molecule has 2 unspecified atom stereocenters. The highest BCUT2D eigenvalue weighted by molar-refractivity contribution is 6.10. The Morgan fingerprint density at radius 1 is 1.15 bits per heavy atom. The summed E-state index contributed by atoms with van der Waals surface area (Å²) in [7, 11) is 0. The maximum absolute atomic E-state index is 13.3. The molecule has 2 aromatic rings. The number of carbonyl (C=O) groups excluding carboxylic acids is 3. The molecule has 1 fully saturated rings. The molecule has 6 nitrogen and oxygen atoms in total. The molecule has 0 bridgehead atoms. The Labute approximate surface area is 155 Å². The Morgan fingerprint density at radius 2 is 1.96 bits per heavy atom. The van der Waals surface area contributed by atoms with Gasteiger partial charge in [-0.15, -0.1) is 0 Å². The number of para-hydroxylation sites is 1. The fourth-order valence-electron chi connectivity index (χ4n) is 3.64. The molecule has 0 radical (unpaired) electrons. The molecule has 2 N–H and O–H groups in total. The van der Waals surface area contributed by atoms with Gasteiger partial charge in [-0.2, -0.15) is 0 Å². The number of halogens is 1. The van der Waals surface area contributed by atoms with Crippen LogP contribution < -0.4 is 10.6 Å². The molecular weight excluding hydrogens is 349 g/mol. The van der Waals surface area contributed by atoms with Crippen molar-refractivity contribution in [3.63, 3.8) is 0 Å². The van der Waals surface area contributed by atoms with E-state index in [1.54, 1.807) is 29.2 Å². The Morgan fingerprint density at radius 3 is 2.78 bits per heavy atom. The van der Waals surface area contributed by atoms with E-state index < -0.39 is 17.8 Å². The molecule has 2 aromatic carbocycles. The SMILES string of the molecule is O=C(NC1CCN2C(=O)c3ccccc3NC(=O)C2C1)c1cccc(F)c1. The van der Waals surface area contributed by atoms with Crippen molar-refractivity contribution in [3.05, 3.63) is 65.5 Å². The number of hydrogen-bond donors (Lipinski definition) is 2. The summed E-state index contributed by atoms with van der Waals surface area (Å²) in [6, 6.07) is 11.4. The number of hydrogen-bond acceptors (Lipinski definition) is 3. The fourth-order valence-corrected chi connectivity index (χ4v) is 3.64. The Kier molecular flexibility index (Phi) is 4.35. The van der Waals surface area contributed by atoms with Crippen LogP contribution in [0.15, 0.2) is 48.5 Å². The first-order valence-electron chi connectivity index (χ1n) is 8.80. The molecule has 3 amide bonds. The van der Waals surface area contributed by atoms with Gasteiger partial charge in [-0.05, 0) is 43.2 Å². The zero-order valence-corrected chi connectivity index (χ0v) is 14.4. The van der Waals surface area contributed by atoms with E-state index >= 15 is 0 Å². The van der Waals surface area contributed by atoms with Crippen LogP contribution in [0.5, 0.6) is 0 Å². The molecular formula is C20H18FN3O3. The summed E-state index contributed by atoms with van der Waals surface area (Å²) in [4.78, 5) is 39.4. The number of amides is 3. The second kappa shape index (κ2) is 6.83. The lowest BCUT2D eigenvalue weighted by molar-refractivity contribution is -0.121. The van der Waals surface area contributed by atoms with Gasteiger partial charge in [-0.25, -0.2) is 4.39 Å². The molecule has 2 atom stereocenters. The Hall–Kier alpha value is -3.22. The first-order chi connectivity index (χ1) is 13.0. The van der Waals surface area contributed by atoms with Crippen molar-refractivity contribution < 1.29 is 18.8 Å². The van der Waals surface area contributed by atoms with Gasteiger partial charge in [-0.1, -0.05) is 18.2 Å².